The first-order valence-corrected chi connectivity index (χ1v) is 8.44. The maximum Gasteiger partial charge on any atom is 0.267 e. The van der Waals surface area contributed by atoms with E-state index < -0.39 is 14.6 Å². The molecule has 0 radical (unpaired) electrons. The maximum atomic E-state index is 12.0. The fraction of sp³-hybridized carbons (Fsp3) is 0.400. The van der Waals surface area contributed by atoms with Crippen LogP contribution in [0.3, 0.4) is 0 Å². The number of benzene rings is 1. The van der Waals surface area contributed by atoms with Crippen molar-refractivity contribution in [3.8, 4) is 0 Å². The molecule has 1 heterocycles. The summed E-state index contributed by atoms with van der Waals surface area (Å²) in [6.07, 6.45) is 0. The van der Waals surface area contributed by atoms with Gasteiger partial charge in [-0.3, -0.25) is 4.79 Å². The first kappa shape index (κ1) is 15.6. The first-order chi connectivity index (χ1) is 9.71. The Kier molecular flexibility index (Phi) is 4.09. The molecule has 114 valence electrons. The van der Waals surface area contributed by atoms with Crippen LogP contribution in [0.5, 0.6) is 0 Å². The van der Waals surface area contributed by atoms with Crippen LogP contribution >= 0.6 is 0 Å². The predicted octanol–water partition coefficient (Wildman–Crippen LogP) is 2.11. The summed E-state index contributed by atoms with van der Waals surface area (Å²) in [4.78, 5) is 15.0. The Morgan fingerprint density at radius 2 is 1.90 bits per heavy atom. The lowest BCUT2D eigenvalue weighted by Crippen LogP contribution is -2.36. The maximum absolute atomic E-state index is 12.0. The average Bonchev–Trinajstić information content (AvgIpc) is 2.80. The molecule has 0 spiro atoms. The van der Waals surface area contributed by atoms with Gasteiger partial charge < -0.3 is 10.3 Å². The third kappa shape index (κ3) is 3.44. The molecule has 0 bridgehead atoms. The second-order valence-corrected chi connectivity index (χ2v) is 8.82. The molecule has 21 heavy (non-hydrogen) atoms. The number of aromatic nitrogens is 1. The minimum atomic E-state index is -3.23. The van der Waals surface area contributed by atoms with Gasteiger partial charge >= 0.3 is 0 Å². The number of nitrogens with one attached hydrogen (secondary N) is 2. The number of amides is 1. The number of rotatable bonds is 4. The molecule has 0 aliphatic heterocycles. The Morgan fingerprint density at radius 3 is 2.52 bits per heavy atom. The Bertz CT molecular complexity index is 722. The summed E-state index contributed by atoms with van der Waals surface area (Å²) in [7, 11) is -3.23. The third-order valence-electron chi connectivity index (χ3n) is 3.36. The molecule has 0 atom stereocenters. The highest BCUT2D eigenvalue weighted by Crippen LogP contribution is 2.16. The fourth-order valence-corrected chi connectivity index (χ4v) is 2.88. The van der Waals surface area contributed by atoms with Crippen molar-refractivity contribution in [2.75, 3.05) is 12.3 Å². The van der Waals surface area contributed by atoms with Crippen LogP contribution in [0.15, 0.2) is 30.3 Å². The van der Waals surface area contributed by atoms with E-state index in [-0.39, 0.29) is 18.2 Å². The number of hydrogen-bond acceptors (Lipinski definition) is 3. The van der Waals surface area contributed by atoms with E-state index in [4.69, 9.17) is 0 Å². The Balaban J connectivity index is 1.99. The molecule has 2 aromatic rings. The minimum Gasteiger partial charge on any atom is -0.351 e. The Labute approximate surface area is 124 Å². The van der Waals surface area contributed by atoms with Gasteiger partial charge in [-0.15, -0.1) is 0 Å². The van der Waals surface area contributed by atoms with Gasteiger partial charge in [-0.1, -0.05) is 18.2 Å². The molecule has 0 fully saturated rings. The molecule has 1 aromatic heterocycles. The van der Waals surface area contributed by atoms with Gasteiger partial charge in [0.2, 0.25) is 0 Å². The van der Waals surface area contributed by atoms with E-state index in [2.05, 4.69) is 10.3 Å². The normalized spacial score (nSPS) is 12.5. The quantitative estimate of drug-likeness (QED) is 0.908. The number of carbonyl (C=O) groups is 1. The molecule has 6 heteroatoms. The Hall–Kier alpha value is -1.82. The van der Waals surface area contributed by atoms with Crippen molar-refractivity contribution < 1.29 is 13.2 Å². The summed E-state index contributed by atoms with van der Waals surface area (Å²) in [5.41, 5.74) is 1.31. The average molecular weight is 308 g/mol. The van der Waals surface area contributed by atoms with Crippen LogP contribution in [0.2, 0.25) is 0 Å². The minimum absolute atomic E-state index is 0.0670. The molecule has 0 saturated carbocycles. The van der Waals surface area contributed by atoms with E-state index in [1.54, 1.807) is 26.8 Å². The molecule has 1 aromatic carbocycles. The summed E-state index contributed by atoms with van der Waals surface area (Å²) in [5, 5.41) is 3.59. The Morgan fingerprint density at radius 1 is 1.24 bits per heavy atom. The zero-order valence-electron chi connectivity index (χ0n) is 12.4. The van der Waals surface area contributed by atoms with E-state index in [9.17, 15) is 13.2 Å². The van der Waals surface area contributed by atoms with Crippen molar-refractivity contribution in [2.24, 2.45) is 0 Å². The number of hydrogen-bond donors (Lipinski definition) is 2. The van der Waals surface area contributed by atoms with Crippen molar-refractivity contribution >= 4 is 26.6 Å². The number of aromatic amines is 1. The van der Waals surface area contributed by atoms with Gasteiger partial charge in [0.05, 0.1) is 10.5 Å². The molecule has 5 nitrogen and oxygen atoms in total. The lowest BCUT2D eigenvalue weighted by molar-refractivity contribution is 0.0952. The van der Waals surface area contributed by atoms with Crippen LogP contribution in [-0.2, 0) is 9.84 Å². The van der Waals surface area contributed by atoms with Gasteiger partial charge in [0, 0.05) is 17.4 Å². The number of fused-ring (bicyclic) bond motifs is 1. The first-order valence-electron chi connectivity index (χ1n) is 6.79. The van der Waals surface area contributed by atoms with Gasteiger partial charge in [-0.05, 0) is 32.9 Å². The van der Waals surface area contributed by atoms with Crippen LogP contribution in [-0.4, -0.2) is 36.4 Å². The van der Waals surface area contributed by atoms with E-state index >= 15 is 0 Å². The smallest absolute Gasteiger partial charge is 0.267 e. The van der Waals surface area contributed by atoms with Gasteiger partial charge in [-0.2, -0.15) is 0 Å². The molecule has 0 aliphatic carbocycles. The second-order valence-electron chi connectivity index (χ2n) is 5.96. The molecular weight excluding hydrogens is 288 g/mol. The summed E-state index contributed by atoms with van der Waals surface area (Å²) < 4.78 is 23.1. The van der Waals surface area contributed by atoms with Gasteiger partial charge in [0.15, 0.2) is 9.84 Å². The van der Waals surface area contributed by atoms with Crippen molar-refractivity contribution in [3.63, 3.8) is 0 Å². The van der Waals surface area contributed by atoms with Gasteiger partial charge in [0.1, 0.15) is 5.69 Å². The number of H-pyrrole nitrogens is 1. The van der Waals surface area contributed by atoms with Crippen LogP contribution in [0.25, 0.3) is 10.9 Å². The monoisotopic (exact) mass is 308 g/mol. The van der Waals surface area contributed by atoms with Crippen molar-refractivity contribution in [2.45, 2.75) is 25.5 Å². The molecule has 0 unspecified atom stereocenters. The summed E-state index contributed by atoms with van der Waals surface area (Å²) in [6, 6.07) is 9.33. The molecular formula is C15H20N2O3S. The lowest BCUT2D eigenvalue weighted by atomic mass is 10.2. The molecule has 0 saturated heterocycles. The van der Waals surface area contributed by atoms with Crippen LogP contribution in [0.1, 0.15) is 31.3 Å². The highest BCUT2D eigenvalue weighted by atomic mass is 32.2. The van der Waals surface area contributed by atoms with Gasteiger partial charge in [0.25, 0.3) is 5.91 Å². The number of carbonyl (C=O) groups excluding carboxylic acids is 1. The zero-order valence-corrected chi connectivity index (χ0v) is 13.3. The third-order valence-corrected chi connectivity index (χ3v) is 5.97. The standard InChI is InChI=1S/C15H20N2O3S/c1-15(2,3)21(19,20)9-8-16-14(18)13-10-11-6-4-5-7-12(11)17-13/h4-7,10,17H,8-9H2,1-3H3,(H,16,18). The SMILES string of the molecule is CC(C)(C)S(=O)(=O)CCNC(=O)c1cc2ccccc2[nH]1. The molecule has 1 amide bonds. The van der Waals surface area contributed by atoms with Crippen LogP contribution in [0, 0.1) is 0 Å². The van der Waals surface area contributed by atoms with Crippen molar-refractivity contribution in [1.82, 2.24) is 10.3 Å². The highest BCUT2D eigenvalue weighted by molar-refractivity contribution is 7.92. The fourth-order valence-electron chi connectivity index (χ4n) is 1.90. The largest absolute Gasteiger partial charge is 0.351 e. The van der Waals surface area contributed by atoms with Gasteiger partial charge in [-0.25, -0.2) is 8.42 Å². The van der Waals surface area contributed by atoms with Crippen LogP contribution in [0.4, 0.5) is 0 Å². The zero-order chi connectivity index (χ0) is 15.7. The summed E-state index contributed by atoms with van der Waals surface area (Å²) in [5.74, 6) is -0.363. The van der Waals surface area contributed by atoms with E-state index in [1.165, 1.54) is 0 Å². The second kappa shape index (κ2) is 5.52. The topological polar surface area (TPSA) is 79.0 Å². The van der Waals surface area contributed by atoms with E-state index in [0.717, 1.165) is 10.9 Å². The molecule has 0 aliphatic rings. The van der Waals surface area contributed by atoms with Crippen molar-refractivity contribution in [3.05, 3.63) is 36.0 Å². The highest BCUT2D eigenvalue weighted by Gasteiger charge is 2.28. The van der Waals surface area contributed by atoms with E-state index in [1.807, 2.05) is 24.3 Å². The predicted molar refractivity (Wildman–Crippen MR) is 84.2 cm³/mol. The summed E-state index contributed by atoms with van der Waals surface area (Å²) >= 11 is 0. The molecule has 2 rings (SSSR count). The van der Waals surface area contributed by atoms with E-state index in [0.29, 0.717) is 5.69 Å². The summed E-state index contributed by atoms with van der Waals surface area (Å²) in [6.45, 7) is 5.07. The van der Waals surface area contributed by atoms with Crippen molar-refractivity contribution in [1.29, 1.82) is 0 Å². The van der Waals surface area contributed by atoms with Crippen LogP contribution < -0.4 is 5.32 Å². The molecule has 2 N–H and O–H groups in total. The number of sulfone groups is 1. The number of para-hydroxylation sites is 1. The lowest BCUT2D eigenvalue weighted by Gasteiger charge is -2.19.